The number of aldehydes is 1. The summed E-state index contributed by atoms with van der Waals surface area (Å²) in [6, 6.07) is 5.80. The van der Waals surface area contributed by atoms with Crippen molar-refractivity contribution in [3.05, 3.63) is 40.7 Å². The van der Waals surface area contributed by atoms with Gasteiger partial charge in [-0.3, -0.25) is 19.9 Å². The summed E-state index contributed by atoms with van der Waals surface area (Å²) in [5.41, 5.74) is 3.15. The van der Waals surface area contributed by atoms with E-state index in [9.17, 15) is 14.9 Å². The minimum atomic E-state index is -0.384. The van der Waals surface area contributed by atoms with Crippen molar-refractivity contribution in [1.82, 2.24) is 14.9 Å². The van der Waals surface area contributed by atoms with E-state index in [0.29, 0.717) is 41.7 Å². The summed E-state index contributed by atoms with van der Waals surface area (Å²) >= 11 is 0. The van der Waals surface area contributed by atoms with Gasteiger partial charge in [0.15, 0.2) is 6.29 Å². The molecule has 2 unspecified atom stereocenters. The van der Waals surface area contributed by atoms with E-state index in [1.54, 1.807) is 25.2 Å². The number of aryl methyl sites for hydroxylation is 1. The molecule has 0 bridgehead atoms. The minimum absolute atomic E-state index is 0.0886. The number of hydrogen-bond donors (Lipinski definition) is 2. The Kier molecular flexibility index (Phi) is 8.07. The first-order valence-corrected chi connectivity index (χ1v) is 13.5. The first kappa shape index (κ1) is 27.0. The molecule has 39 heavy (non-hydrogen) atoms. The SMILES string of the molecule is COC1CCN(Cc2cc3c(nc2C=O)N(C(=O)Nc2cc(N[C@H]4CC[C@@H]4OC)c(C#N)cn2)CCC3)C1C. The number of hydrogen-bond acceptors (Lipinski definition) is 9. The van der Waals surface area contributed by atoms with Crippen LogP contribution in [0, 0.1) is 11.3 Å². The summed E-state index contributed by atoms with van der Waals surface area (Å²) < 4.78 is 11.0. The predicted molar refractivity (Wildman–Crippen MR) is 146 cm³/mol. The van der Waals surface area contributed by atoms with Gasteiger partial charge in [-0.15, -0.1) is 0 Å². The molecular formula is C28H35N7O4. The van der Waals surface area contributed by atoms with E-state index in [0.717, 1.165) is 56.1 Å². The van der Waals surface area contributed by atoms with E-state index in [1.165, 1.54) is 6.20 Å². The zero-order valence-corrected chi connectivity index (χ0v) is 22.6. The Morgan fingerprint density at radius 3 is 2.69 bits per heavy atom. The van der Waals surface area contributed by atoms with Crippen molar-refractivity contribution < 1.29 is 19.1 Å². The van der Waals surface area contributed by atoms with Crippen LogP contribution >= 0.6 is 0 Å². The van der Waals surface area contributed by atoms with Crippen LogP contribution in [0.2, 0.25) is 0 Å². The van der Waals surface area contributed by atoms with Gasteiger partial charge in [0.25, 0.3) is 0 Å². The van der Waals surface area contributed by atoms with Crippen molar-refractivity contribution in [3.8, 4) is 6.07 Å². The molecule has 4 atom stereocenters. The van der Waals surface area contributed by atoms with Crippen LogP contribution in [0.3, 0.4) is 0 Å². The second-order valence-corrected chi connectivity index (χ2v) is 10.4. The number of carbonyl (C=O) groups excluding carboxylic acids is 2. The average Bonchev–Trinajstić information content (AvgIpc) is 3.29. The molecular weight excluding hydrogens is 498 g/mol. The molecule has 3 aliphatic rings. The second-order valence-electron chi connectivity index (χ2n) is 10.4. The van der Waals surface area contributed by atoms with Gasteiger partial charge in [0.05, 0.1) is 29.5 Å². The molecule has 4 heterocycles. The van der Waals surface area contributed by atoms with Gasteiger partial charge in [0, 0.05) is 52.2 Å². The molecule has 206 valence electrons. The average molecular weight is 534 g/mol. The largest absolute Gasteiger partial charge is 0.380 e. The summed E-state index contributed by atoms with van der Waals surface area (Å²) in [6.07, 6.45) is 6.89. The first-order chi connectivity index (χ1) is 18.9. The molecule has 2 amide bonds. The van der Waals surface area contributed by atoms with Gasteiger partial charge in [0.2, 0.25) is 0 Å². The maximum Gasteiger partial charge on any atom is 0.328 e. The summed E-state index contributed by atoms with van der Waals surface area (Å²) in [6.45, 7) is 4.11. The molecule has 2 fully saturated rings. The quantitative estimate of drug-likeness (QED) is 0.490. The number of fused-ring (bicyclic) bond motifs is 1. The van der Waals surface area contributed by atoms with Crippen LogP contribution in [0.4, 0.5) is 22.1 Å². The molecule has 0 radical (unpaired) electrons. The fraction of sp³-hybridized carbons (Fsp3) is 0.536. The highest BCUT2D eigenvalue weighted by Crippen LogP contribution is 2.31. The van der Waals surface area contributed by atoms with Gasteiger partial charge in [-0.25, -0.2) is 14.8 Å². The number of urea groups is 1. The third-order valence-electron chi connectivity index (χ3n) is 8.24. The van der Waals surface area contributed by atoms with Gasteiger partial charge in [-0.05, 0) is 56.2 Å². The molecule has 11 nitrogen and oxygen atoms in total. The fourth-order valence-corrected chi connectivity index (χ4v) is 5.74. The fourth-order valence-electron chi connectivity index (χ4n) is 5.74. The van der Waals surface area contributed by atoms with Crippen molar-refractivity contribution >= 4 is 29.6 Å². The highest BCUT2D eigenvalue weighted by atomic mass is 16.5. The van der Waals surface area contributed by atoms with Crippen LogP contribution in [0.25, 0.3) is 0 Å². The molecule has 0 aromatic carbocycles. The number of nitriles is 1. The Morgan fingerprint density at radius 2 is 2.03 bits per heavy atom. The molecule has 2 aliphatic heterocycles. The van der Waals surface area contributed by atoms with Crippen LogP contribution in [-0.4, -0.2) is 78.8 Å². The number of anilines is 3. The molecule has 0 spiro atoms. The molecule has 2 aromatic heterocycles. The highest BCUT2D eigenvalue weighted by Gasteiger charge is 2.33. The number of rotatable bonds is 8. The maximum atomic E-state index is 13.4. The van der Waals surface area contributed by atoms with Crippen molar-refractivity contribution in [2.75, 3.05) is 42.8 Å². The number of carbonyl (C=O) groups is 2. The third-order valence-corrected chi connectivity index (χ3v) is 8.24. The topological polar surface area (TPSA) is 133 Å². The maximum absolute atomic E-state index is 13.4. The Balaban J connectivity index is 1.33. The van der Waals surface area contributed by atoms with Crippen molar-refractivity contribution in [1.29, 1.82) is 5.26 Å². The number of pyridine rings is 2. The Morgan fingerprint density at radius 1 is 1.21 bits per heavy atom. The molecule has 2 N–H and O–H groups in total. The Hall–Kier alpha value is -3.59. The molecule has 5 rings (SSSR count). The highest BCUT2D eigenvalue weighted by molar-refractivity contribution is 6.01. The number of aromatic nitrogens is 2. The lowest BCUT2D eigenvalue weighted by Crippen LogP contribution is -2.44. The lowest BCUT2D eigenvalue weighted by molar-refractivity contribution is 0.0286. The summed E-state index contributed by atoms with van der Waals surface area (Å²) in [4.78, 5) is 38.2. The number of nitrogens with one attached hydrogen (secondary N) is 2. The number of methoxy groups -OCH3 is 2. The van der Waals surface area contributed by atoms with Gasteiger partial charge in [-0.1, -0.05) is 0 Å². The zero-order valence-electron chi connectivity index (χ0n) is 22.6. The smallest absolute Gasteiger partial charge is 0.328 e. The standard InChI is InChI=1S/C28H35N7O4/c1-17-24(38-2)8-10-34(17)15-19-11-18-5-4-9-35(27(18)32-23(19)16-36)28(37)33-26-12-22(20(13-29)14-30-26)31-21-6-7-25(21)39-3/h11-12,14,16-17,21,24-25H,4-10,15H2,1-3H3,(H2,30,31,33,37)/t17?,21-,24?,25-/m0/s1. The van der Waals surface area contributed by atoms with Gasteiger partial charge < -0.3 is 14.8 Å². The lowest BCUT2D eigenvalue weighted by Gasteiger charge is -2.36. The second kappa shape index (κ2) is 11.7. The Bertz CT molecular complexity index is 1280. The van der Waals surface area contributed by atoms with Crippen LogP contribution in [0.5, 0.6) is 0 Å². The predicted octanol–water partition coefficient (Wildman–Crippen LogP) is 3.34. The van der Waals surface area contributed by atoms with Crippen molar-refractivity contribution in [2.45, 2.75) is 69.9 Å². The molecule has 1 aliphatic carbocycles. The number of ether oxygens (including phenoxy) is 2. The van der Waals surface area contributed by atoms with Gasteiger partial charge in [0.1, 0.15) is 23.4 Å². The molecule has 1 saturated carbocycles. The minimum Gasteiger partial charge on any atom is -0.380 e. The van der Waals surface area contributed by atoms with E-state index in [-0.39, 0.29) is 30.3 Å². The van der Waals surface area contributed by atoms with Crippen LogP contribution in [0.1, 0.15) is 59.8 Å². The van der Waals surface area contributed by atoms with E-state index >= 15 is 0 Å². The Labute approximate surface area is 228 Å². The van der Waals surface area contributed by atoms with Crippen molar-refractivity contribution in [3.63, 3.8) is 0 Å². The molecule has 11 heteroatoms. The molecule has 1 saturated heterocycles. The lowest BCUT2D eigenvalue weighted by atomic mass is 9.88. The third kappa shape index (κ3) is 5.45. The van der Waals surface area contributed by atoms with E-state index in [2.05, 4.69) is 38.5 Å². The summed E-state index contributed by atoms with van der Waals surface area (Å²) in [5, 5.41) is 15.7. The monoisotopic (exact) mass is 533 g/mol. The summed E-state index contributed by atoms with van der Waals surface area (Å²) in [5.74, 6) is 0.822. The molecule has 2 aromatic rings. The number of amides is 2. The number of nitrogens with zero attached hydrogens (tertiary/aromatic N) is 5. The van der Waals surface area contributed by atoms with E-state index in [1.807, 2.05) is 6.07 Å². The van der Waals surface area contributed by atoms with E-state index < -0.39 is 0 Å². The normalized spacial score (nSPS) is 24.4. The number of likely N-dealkylation sites (tertiary alicyclic amines) is 1. The van der Waals surface area contributed by atoms with Crippen LogP contribution in [0.15, 0.2) is 18.3 Å². The van der Waals surface area contributed by atoms with Crippen LogP contribution < -0.4 is 15.5 Å². The first-order valence-electron chi connectivity index (χ1n) is 13.5. The van der Waals surface area contributed by atoms with E-state index in [4.69, 9.17) is 9.47 Å². The van der Waals surface area contributed by atoms with Gasteiger partial charge >= 0.3 is 6.03 Å². The van der Waals surface area contributed by atoms with Crippen molar-refractivity contribution in [2.24, 2.45) is 0 Å². The van der Waals surface area contributed by atoms with Crippen LogP contribution in [-0.2, 0) is 22.4 Å². The zero-order chi connectivity index (χ0) is 27.5. The van der Waals surface area contributed by atoms with Gasteiger partial charge in [-0.2, -0.15) is 5.26 Å². The summed E-state index contributed by atoms with van der Waals surface area (Å²) in [7, 11) is 3.41.